The standard InChI is InChI=1S/C12H17NO3/c1-7(2)8(3)13-12(16)9-5-4-6-10(14)11(9)15/h4-8,14-15H,1-3H3,(H,13,16). The lowest BCUT2D eigenvalue weighted by molar-refractivity contribution is 0.0927. The van der Waals surface area contributed by atoms with Crippen LogP contribution in [0.1, 0.15) is 31.1 Å². The minimum atomic E-state index is -0.380. The number of nitrogens with one attached hydrogen (secondary N) is 1. The van der Waals surface area contributed by atoms with Crippen LogP contribution in [0.2, 0.25) is 0 Å². The minimum absolute atomic E-state index is 0.00856. The average molecular weight is 223 g/mol. The Bertz CT molecular complexity index is 388. The van der Waals surface area contributed by atoms with Crippen molar-refractivity contribution in [2.75, 3.05) is 0 Å². The number of carbonyl (C=O) groups is 1. The van der Waals surface area contributed by atoms with E-state index in [4.69, 9.17) is 0 Å². The zero-order valence-corrected chi connectivity index (χ0v) is 9.69. The van der Waals surface area contributed by atoms with Crippen molar-refractivity contribution in [3.63, 3.8) is 0 Å². The molecule has 0 bridgehead atoms. The monoisotopic (exact) mass is 223 g/mol. The Morgan fingerprint density at radius 2 is 1.88 bits per heavy atom. The maximum Gasteiger partial charge on any atom is 0.255 e. The van der Waals surface area contributed by atoms with Crippen molar-refractivity contribution in [1.29, 1.82) is 0 Å². The smallest absolute Gasteiger partial charge is 0.255 e. The molecule has 0 heterocycles. The number of hydrogen-bond donors (Lipinski definition) is 3. The van der Waals surface area contributed by atoms with E-state index >= 15 is 0 Å². The summed E-state index contributed by atoms with van der Waals surface area (Å²) in [5, 5.41) is 21.5. The molecule has 88 valence electrons. The van der Waals surface area contributed by atoms with E-state index in [0.717, 1.165) is 0 Å². The molecule has 16 heavy (non-hydrogen) atoms. The summed E-state index contributed by atoms with van der Waals surface area (Å²) >= 11 is 0. The Kier molecular flexibility index (Phi) is 3.77. The van der Waals surface area contributed by atoms with Gasteiger partial charge in [-0.2, -0.15) is 0 Å². The van der Waals surface area contributed by atoms with Crippen LogP contribution in [0.5, 0.6) is 11.5 Å². The van der Waals surface area contributed by atoms with Crippen LogP contribution >= 0.6 is 0 Å². The van der Waals surface area contributed by atoms with E-state index in [-0.39, 0.29) is 29.0 Å². The van der Waals surface area contributed by atoms with Crippen LogP contribution in [0.25, 0.3) is 0 Å². The van der Waals surface area contributed by atoms with Gasteiger partial charge in [0.15, 0.2) is 11.5 Å². The molecule has 0 saturated heterocycles. The summed E-state index contributed by atoms with van der Waals surface area (Å²) < 4.78 is 0. The Balaban J connectivity index is 2.85. The number of hydrogen-bond acceptors (Lipinski definition) is 3. The first-order valence-electron chi connectivity index (χ1n) is 5.25. The summed E-state index contributed by atoms with van der Waals surface area (Å²) in [6, 6.07) is 4.33. The van der Waals surface area contributed by atoms with Crippen LogP contribution in [-0.4, -0.2) is 22.2 Å². The summed E-state index contributed by atoms with van der Waals surface area (Å²) in [6.45, 7) is 5.88. The molecule has 0 radical (unpaired) electrons. The van der Waals surface area contributed by atoms with Crippen molar-refractivity contribution in [3.05, 3.63) is 23.8 Å². The van der Waals surface area contributed by atoms with E-state index in [9.17, 15) is 15.0 Å². The molecule has 4 nitrogen and oxygen atoms in total. The third-order valence-electron chi connectivity index (χ3n) is 2.62. The first-order chi connectivity index (χ1) is 7.43. The molecule has 3 N–H and O–H groups in total. The van der Waals surface area contributed by atoms with Gasteiger partial charge in [-0.15, -0.1) is 0 Å². The highest BCUT2D eigenvalue weighted by atomic mass is 16.3. The van der Waals surface area contributed by atoms with Crippen molar-refractivity contribution in [1.82, 2.24) is 5.32 Å². The van der Waals surface area contributed by atoms with E-state index in [0.29, 0.717) is 5.92 Å². The molecule has 0 aliphatic heterocycles. The van der Waals surface area contributed by atoms with E-state index in [2.05, 4.69) is 5.32 Å². The molecular formula is C12H17NO3. The summed E-state index contributed by atoms with van der Waals surface area (Å²) in [6.07, 6.45) is 0. The van der Waals surface area contributed by atoms with Crippen molar-refractivity contribution in [3.8, 4) is 11.5 Å². The molecule has 1 unspecified atom stereocenters. The van der Waals surface area contributed by atoms with Crippen LogP contribution in [0.3, 0.4) is 0 Å². The van der Waals surface area contributed by atoms with Gasteiger partial charge in [0, 0.05) is 6.04 Å². The first kappa shape index (κ1) is 12.4. The topological polar surface area (TPSA) is 69.6 Å². The van der Waals surface area contributed by atoms with Gasteiger partial charge < -0.3 is 15.5 Å². The zero-order chi connectivity index (χ0) is 12.3. The van der Waals surface area contributed by atoms with Gasteiger partial charge in [0.25, 0.3) is 5.91 Å². The number of rotatable bonds is 3. The Morgan fingerprint density at radius 1 is 1.25 bits per heavy atom. The van der Waals surface area contributed by atoms with Gasteiger partial charge in [-0.1, -0.05) is 19.9 Å². The number of benzene rings is 1. The fourth-order valence-corrected chi connectivity index (χ4v) is 1.17. The van der Waals surface area contributed by atoms with Crippen molar-refractivity contribution >= 4 is 5.91 Å². The van der Waals surface area contributed by atoms with Crippen LogP contribution in [0, 0.1) is 5.92 Å². The highest BCUT2D eigenvalue weighted by molar-refractivity contribution is 5.97. The lowest BCUT2D eigenvalue weighted by atomic mass is 10.1. The highest BCUT2D eigenvalue weighted by Crippen LogP contribution is 2.28. The number of aromatic hydroxyl groups is 2. The molecule has 0 fully saturated rings. The largest absolute Gasteiger partial charge is 0.504 e. The summed E-state index contributed by atoms with van der Waals surface area (Å²) in [4.78, 5) is 11.8. The van der Waals surface area contributed by atoms with Gasteiger partial charge in [-0.3, -0.25) is 4.79 Å². The molecule has 0 spiro atoms. The third-order valence-corrected chi connectivity index (χ3v) is 2.62. The van der Waals surface area contributed by atoms with Gasteiger partial charge in [0.2, 0.25) is 0 Å². The quantitative estimate of drug-likeness (QED) is 0.685. The lowest BCUT2D eigenvalue weighted by Gasteiger charge is -2.17. The highest BCUT2D eigenvalue weighted by Gasteiger charge is 2.16. The predicted octanol–water partition coefficient (Wildman–Crippen LogP) is 1.87. The summed E-state index contributed by atoms with van der Waals surface area (Å²) in [5.41, 5.74) is 0.0903. The van der Waals surface area contributed by atoms with Crippen LogP contribution < -0.4 is 5.32 Å². The molecule has 1 amide bonds. The predicted molar refractivity (Wildman–Crippen MR) is 61.5 cm³/mol. The van der Waals surface area contributed by atoms with Crippen molar-refractivity contribution < 1.29 is 15.0 Å². The van der Waals surface area contributed by atoms with Crippen molar-refractivity contribution in [2.24, 2.45) is 5.92 Å². The molecular weight excluding hydrogens is 206 g/mol. The minimum Gasteiger partial charge on any atom is -0.504 e. The fraction of sp³-hybridized carbons (Fsp3) is 0.417. The van der Waals surface area contributed by atoms with Crippen LogP contribution in [0.4, 0.5) is 0 Å². The molecule has 0 aliphatic carbocycles. The van der Waals surface area contributed by atoms with Crippen LogP contribution in [-0.2, 0) is 0 Å². The van der Waals surface area contributed by atoms with Gasteiger partial charge >= 0.3 is 0 Å². The zero-order valence-electron chi connectivity index (χ0n) is 9.69. The SMILES string of the molecule is CC(C)C(C)NC(=O)c1cccc(O)c1O. The van der Waals surface area contributed by atoms with Crippen LogP contribution in [0.15, 0.2) is 18.2 Å². The molecule has 0 aliphatic rings. The van der Waals surface area contributed by atoms with E-state index in [1.165, 1.54) is 18.2 Å². The van der Waals surface area contributed by atoms with Gasteiger partial charge in [-0.25, -0.2) is 0 Å². The number of phenols is 2. The number of amides is 1. The normalized spacial score (nSPS) is 12.5. The van der Waals surface area contributed by atoms with E-state index in [1.807, 2.05) is 20.8 Å². The molecule has 1 aromatic rings. The number of carbonyl (C=O) groups excluding carboxylic acids is 1. The Hall–Kier alpha value is -1.71. The fourth-order valence-electron chi connectivity index (χ4n) is 1.17. The third kappa shape index (κ3) is 2.66. The number of phenolic OH excluding ortho intramolecular Hbond substituents is 2. The Morgan fingerprint density at radius 3 is 2.44 bits per heavy atom. The molecule has 1 rings (SSSR count). The lowest BCUT2D eigenvalue weighted by Crippen LogP contribution is -2.36. The van der Waals surface area contributed by atoms with E-state index < -0.39 is 0 Å². The first-order valence-corrected chi connectivity index (χ1v) is 5.25. The summed E-state index contributed by atoms with van der Waals surface area (Å²) in [7, 11) is 0. The van der Waals surface area contributed by atoms with Crippen molar-refractivity contribution in [2.45, 2.75) is 26.8 Å². The summed E-state index contributed by atoms with van der Waals surface area (Å²) in [5.74, 6) is -0.737. The Labute approximate surface area is 94.9 Å². The molecule has 0 aromatic heterocycles. The molecule has 1 aromatic carbocycles. The van der Waals surface area contributed by atoms with Gasteiger partial charge in [-0.05, 0) is 25.0 Å². The van der Waals surface area contributed by atoms with Gasteiger partial charge in [0.05, 0.1) is 5.56 Å². The second kappa shape index (κ2) is 4.88. The molecule has 4 heteroatoms. The molecule has 1 atom stereocenters. The second-order valence-corrected chi connectivity index (χ2v) is 4.18. The average Bonchev–Trinajstić information content (AvgIpc) is 2.21. The maximum atomic E-state index is 11.8. The molecule has 0 saturated carbocycles. The van der Waals surface area contributed by atoms with E-state index in [1.54, 1.807) is 0 Å². The van der Waals surface area contributed by atoms with Gasteiger partial charge in [0.1, 0.15) is 0 Å². The number of para-hydroxylation sites is 1. The maximum absolute atomic E-state index is 11.8. The second-order valence-electron chi connectivity index (χ2n) is 4.18.